The van der Waals surface area contributed by atoms with Crippen LogP contribution in [-0.2, 0) is 0 Å². The van der Waals surface area contributed by atoms with Gasteiger partial charge in [0.2, 0.25) is 0 Å². The highest BCUT2D eigenvalue weighted by molar-refractivity contribution is 6.04. The van der Waals surface area contributed by atoms with Crippen molar-refractivity contribution in [3.63, 3.8) is 0 Å². The van der Waals surface area contributed by atoms with E-state index in [1.165, 1.54) is 0 Å². The van der Waals surface area contributed by atoms with E-state index in [4.69, 9.17) is 0 Å². The maximum absolute atomic E-state index is 11.9. The topological polar surface area (TPSA) is 42.0 Å². The van der Waals surface area contributed by atoms with Crippen LogP contribution in [0, 0.1) is 5.41 Å². The summed E-state index contributed by atoms with van der Waals surface area (Å²) in [6.07, 6.45) is 5.91. The summed E-state index contributed by atoms with van der Waals surface area (Å²) in [5.41, 5.74) is 1.98. The molecule has 1 aromatic rings. The first-order valence-corrected chi connectivity index (χ1v) is 5.46. The van der Waals surface area contributed by atoms with Gasteiger partial charge in [-0.1, -0.05) is 13.8 Å². The molecule has 2 rings (SSSR count). The Hall–Kier alpha value is -1.64. The molecular formula is C13H16N2O. The van der Waals surface area contributed by atoms with Gasteiger partial charge in [0.25, 0.3) is 0 Å². The summed E-state index contributed by atoms with van der Waals surface area (Å²) in [6.45, 7) is 5.32. The third-order valence-electron chi connectivity index (χ3n) is 2.73. The molecule has 1 saturated heterocycles. The van der Waals surface area contributed by atoms with Crippen molar-refractivity contribution in [1.82, 2.24) is 10.3 Å². The first-order chi connectivity index (χ1) is 7.57. The van der Waals surface area contributed by atoms with Crippen LogP contribution in [0.5, 0.6) is 0 Å². The van der Waals surface area contributed by atoms with E-state index in [2.05, 4.69) is 24.1 Å². The Labute approximate surface area is 95.6 Å². The Morgan fingerprint density at radius 1 is 1.44 bits per heavy atom. The lowest BCUT2D eigenvalue weighted by Crippen LogP contribution is -2.15. The molecule has 0 aliphatic carbocycles. The molecular weight excluding hydrogens is 200 g/mol. The fourth-order valence-electron chi connectivity index (χ4n) is 1.85. The number of ketones is 1. The van der Waals surface area contributed by atoms with Gasteiger partial charge in [-0.05, 0) is 24.0 Å². The van der Waals surface area contributed by atoms with E-state index in [9.17, 15) is 4.79 Å². The Morgan fingerprint density at radius 3 is 2.69 bits per heavy atom. The molecule has 0 saturated carbocycles. The van der Waals surface area contributed by atoms with Crippen molar-refractivity contribution >= 4 is 5.78 Å². The van der Waals surface area contributed by atoms with Crippen LogP contribution in [-0.4, -0.2) is 17.3 Å². The quantitative estimate of drug-likeness (QED) is 0.608. The second kappa shape index (κ2) is 4.08. The minimum absolute atomic E-state index is 0.0441. The van der Waals surface area contributed by atoms with Crippen molar-refractivity contribution in [2.75, 3.05) is 6.54 Å². The van der Waals surface area contributed by atoms with E-state index in [1.807, 2.05) is 0 Å². The van der Waals surface area contributed by atoms with Crippen LogP contribution < -0.4 is 5.32 Å². The van der Waals surface area contributed by atoms with Gasteiger partial charge in [0, 0.05) is 36.3 Å². The van der Waals surface area contributed by atoms with Crippen molar-refractivity contribution in [3.8, 4) is 0 Å². The second-order valence-corrected chi connectivity index (χ2v) is 4.96. The molecule has 1 fully saturated rings. The highest BCUT2D eigenvalue weighted by Gasteiger charge is 2.26. The summed E-state index contributed by atoms with van der Waals surface area (Å²) in [5.74, 6) is 0.0441. The molecule has 0 amide bonds. The summed E-state index contributed by atoms with van der Waals surface area (Å²) in [6, 6.07) is 3.47. The van der Waals surface area contributed by atoms with Crippen LogP contribution in [0.4, 0.5) is 0 Å². The van der Waals surface area contributed by atoms with Crippen LogP contribution in [0.25, 0.3) is 0 Å². The maximum atomic E-state index is 11.9. The van der Waals surface area contributed by atoms with E-state index in [0.717, 1.165) is 18.7 Å². The SMILES string of the molecule is CC1(C)CNC(=CC(=O)c2ccncc2)C1. The zero-order chi connectivity index (χ0) is 11.6. The number of nitrogens with zero attached hydrogens (tertiary/aromatic N) is 1. The molecule has 3 nitrogen and oxygen atoms in total. The zero-order valence-corrected chi connectivity index (χ0v) is 9.66. The van der Waals surface area contributed by atoms with E-state index < -0.39 is 0 Å². The third-order valence-corrected chi connectivity index (χ3v) is 2.73. The van der Waals surface area contributed by atoms with Crippen LogP contribution >= 0.6 is 0 Å². The molecule has 0 spiro atoms. The Bertz CT molecular complexity index is 421. The zero-order valence-electron chi connectivity index (χ0n) is 9.66. The molecule has 0 bridgehead atoms. The number of carbonyl (C=O) groups is 1. The lowest BCUT2D eigenvalue weighted by atomic mass is 9.92. The summed E-state index contributed by atoms with van der Waals surface area (Å²) >= 11 is 0. The molecule has 1 aliphatic heterocycles. The number of pyridine rings is 1. The largest absolute Gasteiger partial charge is 0.388 e. The van der Waals surface area contributed by atoms with E-state index >= 15 is 0 Å². The summed E-state index contributed by atoms with van der Waals surface area (Å²) in [4.78, 5) is 15.8. The first kappa shape index (κ1) is 10.9. The van der Waals surface area contributed by atoms with Gasteiger partial charge in [-0.3, -0.25) is 9.78 Å². The van der Waals surface area contributed by atoms with Gasteiger partial charge >= 0.3 is 0 Å². The summed E-state index contributed by atoms with van der Waals surface area (Å²) < 4.78 is 0. The number of hydrogen-bond donors (Lipinski definition) is 1. The van der Waals surface area contributed by atoms with Gasteiger partial charge in [0.15, 0.2) is 5.78 Å². The molecule has 16 heavy (non-hydrogen) atoms. The highest BCUT2D eigenvalue weighted by atomic mass is 16.1. The Kier molecular flexibility index (Phi) is 2.77. The van der Waals surface area contributed by atoms with Crippen LogP contribution in [0.15, 0.2) is 36.3 Å². The van der Waals surface area contributed by atoms with E-state index in [-0.39, 0.29) is 11.2 Å². The second-order valence-electron chi connectivity index (χ2n) is 4.96. The summed E-state index contributed by atoms with van der Waals surface area (Å²) in [5, 5.41) is 3.27. The Morgan fingerprint density at radius 2 is 2.12 bits per heavy atom. The molecule has 1 aliphatic rings. The average molecular weight is 216 g/mol. The molecule has 84 valence electrons. The van der Waals surface area contributed by atoms with E-state index in [0.29, 0.717) is 5.56 Å². The lowest BCUT2D eigenvalue weighted by Gasteiger charge is -2.12. The van der Waals surface area contributed by atoms with Gasteiger partial charge in [0.05, 0.1) is 0 Å². The van der Waals surface area contributed by atoms with Crippen molar-refractivity contribution in [2.45, 2.75) is 20.3 Å². The van der Waals surface area contributed by atoms with Crippen LogP contribution in [0.1, 0.15) is 30.6 Å². The molecule has 3 heteroatoms. The smallest absolute Gasteiger partial charge is 0.187 e. The molecule has 0 aromatic carbocycles. The van der Waals surface area contributed by atoms with Gasteiger partial charge in [0.1, 0.15) is 0 Å². The van der Waals surface area contributed by atoms with Crippen LogP contribution in [0.3, 0.4) is 0 Å². The highest BCUT2D eigenvalue weighted by Crippen LogP contribution is 2.29. The van der Waals surface area contributed by atoms with Crippen molar-refractivity contribution in [2.24, 2.45) is 5.41 Å². The van der Waals surface area contributed by atoms with Gasteiger partial charge in [-0.25, -0.2) is 0 Å². The number of carbonyl (C=O) groups excluding carboxylic acids is 1. The van der Waals surface area contributed by atoms with E-state index in [1.54, 1.807) is 30.6 Å². The van der Waals surface area contributed by atoms with Crippen molar-refractivity contribution in [1.29, 1.82) is 0 Å². The first-order valence-electron chi connectivity index (χ1n) is 5.46. The fraction of sp³-hybridized carbons (Fsp3) is 0.385. The number of aromatic nitrogens is 1. The maximum Gasteiger partial charge on any atom is 0.187 e. The number of hydrogen-bond acceptors (Lipinski definition) is 3. The Balaban J connectivity index is 2.11. The molecule has 2 heterocycles. The molecule has 0 radical (unpaired) electrons. The molecule has 0 atom stereocenters. The predicted molar refractivity (Wildman–Crippen MR) is 63.1 cm³/mol. The minimum Gasteiger partial charge on any atom is -0.388 e. The number of allylic oxidation sites excluding steroid dienone is 2. The number of rotatable bonds is 2. The standard InChI is InChI=1S/C13H16N2O/c1-13(2)8-11(15-9-13)7-12(16)10-3-5-14-6-4-10/h3-7,15H,8-9H2,1-2H3. The predicted octanol–water partition coefficient (Wildman–Crippen LogP) is 2.17. The molecule has 1 N–H and O–H groups in total. The minimum atomic E-state index is 0.0441. The van der Waals surface area contributed by atoms with Crippen molar-refractivity contribution in [3.05, 3.63) is 41.9 Å². The normalized spacial score (nSPS) is 20.8. The monoisotopic (exact) mass is 216 g/mol. The van der Waals surface area contributed by atoms with Gasteiger partial charge < -0.3 is 5.32 Å². The van der Waals surface area contributed by atoms with Gasteiger partial charge in [-0.15, -0.1) is 0 Å². The van der Waals surface area contributed by atoms with Gasteiger partial charge in [-0.2, -0.15) is 0 Å². The number of nitrogens with one attached hydrogen (secondary N) is 1. The summed E-state index contributed by atoms with van der Waals surface area (Å²) in [7, 11) is 0. The van der Waals surface area contributed by atoms with Crippen molar-refractivity contribution < 1.29 is 4.79 Å². The fourth-order valence-corrected chi connectivity index (χ4v) is 1.85. The lowest BCUT2D eigenvalue weighted by molar-refractivity contribution is 0.104. The molecule has 0 unspecified atom stereocenters. The molecule has 1 aromatic heterocycles. The van der Waals surface area contributed by atoms with Crippen LogP contribution in [0.2, 0.25) is 0 Å². The average Bonchev–Trinajstić information content (AvgIpc) is 2.59. The third kappa shape index (κ3) is 2.48.